The van der Waals surface area contributed by atoms with E-state index in [0.29, 0.717) is 5.92 Å². The van der Waals surface area contributed by atoms with Crippen molar-refractivity contribution in [2.24, 2.45) is 11.3 Å². The molecule has 118 valence electrons. The Morgan fingerprint density at radius 3 is 2.33 bits per heavy atom. The third-order valence-corrected chi connectivity index (χ3v) is 5.49. The van der Waals surface area contributed by atoms with E-state index in [1.54, 1.807) is 0 Å². The molecule has 1 heteroatoms. The van der Waals surface area contributed by atoms with Crippen LogP contribution in [0.25, 0.3) is 0 Å². The van der Waals surface area contributed by atoms with Gasteiger partial charge in [0.05, 0.1) is 5.60 Å². The van der Waals surface area contributed by atoms with Gasteiger partial charge in [-0.3, -0.25) is 0 Å². The summed E-state index contributed by atoms with van der Waals surface area (Å²) in [5, 5.41) is 10.5. The van der Waals surface area contributed by atoms with E-state index < -0.39 is 5.60 Å². The van der Waals surface area contributed by atoms with Crippen LogP contribution in [0.1, 0.15) is 73.1 Å². The lowest BCUT2D eigenvalue weighted by Crippen LogP contribution is -2.32. The molecule has 0 unspecified atom stereocenters. The molecule has 2 aliphatic rings. The van der Waals surface area contributed by atoms with Crippen molar-refractivity contribution in [1.29, 1.82) is 0 Å². The summed E-state index contributed by atoms with van der Waals surface area (Å²) in [4.78, 5) is 0. The summed E-state index contributed by atoms with van der Waals surface area (Å²) < 4.78 is 0. The summed E-state index contributed by atoms with van der Waals surface area (Å²) in [6.45, 7) is 10.8. The maximum atomic E-state index is 10.5. The Labute approximate surface area is 130 Å². The molecule has 0 aliphatic heterocycles. The van der Waals surface area contributed by atoms with Crippen molar-refractivity contribution in [3.8, 4) is 0 Å². The van der Waals surface area contributed by atoms with Crippen molar-refractivity contribution in [1.82, 2.24) is 0 Å². The Balaban J connectivity index is 2.31. The lowest BCUT2D eigenvalue weighted by atomic mass is 9.69. The molecule has 0 fully saturated rings. The largest absolute Gasteiger partial charge is 0.386 e. The first-order chi connectivity index (χ1) is 9.72. The standard InChI is InChI=1S/C20H32O/c1-15-7-6-8-16(2)11-13-20(5)14-12-17(19(3,4)21)18(20)10-9-15/h7,11-12,18,21H,6,8-10,13-14H2,1-5H3/b15-7+,16-11+/t18-,20-/m0/s1. The Bertz CT molecular complexity index is 473. The van der Waals surface area contributed by atoms with E-state index in [-0.39, 0.29) is 5.41 Å². The van der Waals surface area contributed by atoms with Crippen LogP contribution in [-0.2, 0) is 0 Å². The fraction of sp³-hybridized carbons (Fsp3) is 0.700. The van der Waals surface area contributed by atoms with Crippen molar-refractivity contribution in [3.05, 3.63) is 34.9 Å². The Hall–Kier alpha value is -0.820. The van der Waals surface area contributed by atoms with Crippen LogP contribution in [-0.4, -0.2) is 10.7 Å². The SMILES string of the molecule is C/C1=C\C[C@@]2(C)CC=C(C(C)(C)O)[C@@H]2CC/C(C)=C/CC1. The number of allylic oxidation sites excluding steroid dienone is 5. The lowest BCUT2D eigenvalue weighted by molar-refractivity contribution is 0.0918. The van der Waals surface area contributed by atoms with Gasteiger partial charge in [-0.1, -0.05) is 36.3 Å². The van der Waals surface area contributed by atoms with Crippen LogP contribution >= 0.6 is 0 Å². The number of hydrogen-bond acceptors (Lipinski definition) is 1. The smallest absolute Gasteiger partial charge is 0.0803 e. The highest BCUT2D eigenvalue weighted by atomic mass is 16.3. The molecule has 0 saturated heterocycles. The van der Waals surface area contributed by atoms with Gasteiger partial charge in [0.1, 0.15) is 0 Å². The van der Waals surface area contributed by atoms with Gasteiger partial charge in [-0.2, -0.15) is 0 Å². The summed E-state index contributed by atoms with van der Waals surface area (Å²) in [5.41, 5.74) is 3.88. The molecule has 0 amide bonds. The third-order valence-electron chi connectivity index (χ3n) is 5.49. The molecule has 1 nitrogen and oxygen atoms in total. The van der Waals surface area contributed by atoms with Crippen molar-refractivity contribution in [2.75, 3.05) is 0 Å². The molecule has 0 heterocycles. The second-order valence-corrected chi connectivity index (χ2v) is 8.01. The first-order valence-corrected chi connectivity index (χ1v) is 8.46. The molecule has 0 spiro atoms. The van der Waals surface area contributed by atoms with Gasteiger partial charge in [0.2, 0.25) is 0 Å². The van der Waals surface area contributed by atoms with Gasteiger partial charge >= 0.3 is 0 Å². The maximum absolute atomic E-state index is 10.5. The number of rotatable bonds is 1. The van der Waals surface area contributed by atoms with E-state index in [9.17, 15) is 5.11 Å². The van der Waals surface area contributed by atoms with Gasteiger partial charge < -0.3 is 5.11 Å². The van der Waals surface area contributed by atoms with Crippen LogP contribution in [0.3, 0.4) is 0 Å². The molecular formula is C20H32O. The molecule has 2 rings (SSSR count). The van der Waals surface area contributed by atoms with Gasteiger partial charge in [-0.15, -0.1) is 0 Å². The van der Waals surface area contributed by atoms with Crippen molar-refractivity contribution < 1.29 is 5.11 Å². The average molecular weight is 288 g/mol. The fourth-order valence-corrected chi connectivity index (χ4v) is 3.94. The number of fused-ring (bicyclic) bond motifs is 1. The molecule has 0 aromatic heterocycles. The molecule has 0 saturated carbocycles. The van der Waals surface area contributed by atoms with Crippen molar-refractivity contribution >= 4 is 0 Å². The fourth-order valence-electron chi connectivity index (χ4n) is 3.94. The first-order valence-electron chi connectivity index (χ1n) is 8.46. The highest BCUT2D eigenvalue weighted by Gasteiger charge is 2.43. The normalized spacial score (nSPS) is 36.7. The second kappa shape index (κ2) is 6.12. The average Bonchev–Trinajstić information content (AvgIpc) is 2.70. The van der Waals surface area contributed by atoms with Crippen molar-refractivity contribution in [3.63, 3.8) is 0 Å². The molecule has 0 bridgehead atoms. The summed E-state index contributed by atoms with van der Waals surface area (Å²) in [6.07, 6.45) is 14.1. The zero-order valence-corrected chi connectivity index (χ0v) is 14.5. The van der Waals surface area contributed by atoms with Gasteiger partial charge in [0, 0.05) is 0 Å². The number of aliphatic hydroxyl groups is 1. The minimum absolute atomic E-state index is 0.279. The van der Waals surface area contributed by atoms with Crippen LogP contribution in [0, 0.1) is 11.3 Å². The maximum Gasteiger partial charge on any atom is 0.0803 e. The molecule has 1 N–H and O–H groups in total. The van der Waals surface area contributed by atoms with E-state index in [1.165, 1.54) is 36.0 Å². The monoisotopic (exact) mass is 288 g/mol. The molecule has 0 radical (unpaired) electrons. The van der Waals surface area contributed by atoms with E-state index in [0.717, 1.165) is 19.3 Å². The molecule has 0 aromatic rings. The Kier molecular flexibility index (Phi) is 4.82. The summed E-state index contributed by atoms with van der Waals surface area (Å²) in [6, 6.07) is 0. The molecule has 2 atom stereocenters. The topological polar surface area (TPSA) is 20.2 Å². The van der Waals surface area contributed by atoms with Gasteiger partial charge in [-0.05, 0) is 83.1 Å². The molecule has 21 heavy (non-hydrogen) atoms. The minimum Gasteiger partial charge on any atom is -0.386 e. The van der Waals surface area contributed by atoms with E-state index in [1.807, 2.05) is 13.8 Å². The van der Waals surface area contributed by atoms with Gasteiger partial charge in [-0.25, -0.2) is 0 Å². The summed E-state index contributed by atoms with van der Waals surface area (Å²) in [7, 11) is 0. The predicted octanol–water partition coefficient (Wildman–Crippen LogP) is 5.57. The van der Waals surface area contributed by atoms with Crippen LogP contribution < -0.4 is 0 Å². The van der Waals surface area contributed by atoms with E-state index >= 15 is 0 Å². The van der Waals surface area contributed by atoms with E-state index in [4.69, 9.17) is 0 Å². The lowest BCUT2D eigenvalue weighted by Gasteiger charge is -2.36. The van der Waals surface area contributed by atoms with Crippen LogP contribution in [0.15, 0.2) is 34.9 Å². The quantitative estimate of drug-likeness (QED) is 0.626. The molecule has 0 aromatic carbocycles. The number of hydrogen-bond donors (Lipinski definition) is 1. The van der Waals surface area contributed by atoms with Crippen LogP contribution in [0.2, 0.25) is 0 Å². The highest BCUT2D eigenvalue weighted by Crippen LogP contribution is 2.51. The van der Waals surface area contributed by atoms with Gasteiger partial charge in [0.15, 0.2) is 0 Å². The summed E-state index contributed by atoms with van der Waals surface area (Å²) >= 11 is 0. The second-order valence-electron chi connectivity index (χ2n) is 8.01. The zero-order chi connectivity index (χ0) is 15.7. The Morgan fingerprint density at radius 1 is 1.05 bits per heavy atom. The van der Waals surface area contributed by atoms with Crippen LogP contribution in [0.4, 0.5) is 0 Å². The van der Waals surface area contributed by atoms with Gasteiger partial charge in [0.25, 0.3) is 0 Å². The third kappa shape index (κ3) is 3.88. The molecular weight excluding hydrogens is 256 g/mol. The van der Waals surface area contributed by atoms with E-state index in [2.05, 4.69) is 39.0 Å². The predicted molar refractivity (Wildman–Crippen MR) is 91.2 cm³/mol. The summed E-state index contributed by atoms with van der Waals surface area (Å²) in [5.74, 6) is 0.503. The van der Waals surface area contributed by atoms with Crippen molar-refractivity contribution in [2.45, 2.75) is 78.7 Å². The minimum atomic E-state index is -0.682. The molecule has 2 aliphatic carbocycles. The Morgan fingerprint density at radius 2 is 1.67 bits per heavy atom. The zero-order valence-electron chi connectivity index (χ0n) is 14.5. The first kappa shape index (κ1) is 16.5. The highest BCUT2D eigenvalue weighted by molar-refractivity contribution is 5.28. The van der Waals surface area contributed by atoms with Crippen LogP contribution in [0.5, 0.6) is 0 Å².